The number of benzene rings is 2. The quantitative estimate of drug-likeness (QED) is 0.496. The van der Waals surface area contributed by atoms with Crippen LogP contribution in [0.15, 0.2) is 53.2 Å². The van der Waals surface area contributed by atoms with Crippen LogP contribution in [0.2, 0.25) is 10.0 Å². The Morgan fingerprint density at radius 3 is 2.73 bits per heavy atom. The summed E-state index contributed by atoms with van der Waals surface area (Å²) >= 11 is 12.4. The van der Waals surface area contributed by atoms with Gasteiger partial charge in [-0.25, -0.2) is 4.98 Å². The van der Waals surface area contributed by atoms with E-state index in [0.29, 0.717) is 41.1 Å². The van der Waals surface area contributed by atoms with Crippen LogP contribution >= 0.6 is 23.2 Å². The van der Waals surface area contributed by atoms with Gasteiger partial charge in [0.1, 0.15) is 0 Å². The molecule has 0 N–H and O–H groups in total. The third-order valence-electron chi connectivity index (χ3n) is 4.57. The number of hydrogen-bond acceptors (Lipinski definition) is 4. The third kappa shape index (κ3) is 2.51. The smallest absolute Gasteiger partial charge is 0.247 e. The van der Waals surface area contributed by atoms with E-state index < -0.39 is 5.79 Å². The van der Waals surface area contributed by atoms with Crippen molar-refractivity contribution in [2.45, 2.75) is 12.3 Å². The van der Waals surface area contributed by atoms with Crippen molar-refractivity contribution in [1.29, 1.82) is 0 Å². The highest BCUT2D eigenvalue weighted by Crippen LogP contribution is 2.39. The van der Waals surface area contributed by atoms with Gasteiger partial charge in [-0.1, -0.05) is 35.3 Å². The second-order valence-electron chi connectivity index (χ2n) is 6.23. The molecule has 0 bridgehead atoms. The van der Waals surface area contributed by atoms with Gasteiger partial charge in [0.25, 0.3) is 0 Å². The number of fused-ring (bicyclic) bond motifs is 2. The number of halogens is 2. The van der Waals surface area contributed by atoms with Crippen LogP contribution in [0, 0.1) is 0 Å². The zero-order chi connectivity index (χ0) is 17.7. The minimum atomic E-state index is -1.03. The molecule has 0 spiro atoms. The predicted molar refractivity (Wildman–Crippen MR) is 99.5 cm³/mol. The number of para-hydroxylation sites is 2. The van der Waals surface area contributed by atoms with Gasteiger partial charge in [-0.15, -0.1) is 0 Å². The summed E-state index contributed by atoms with van der Waals surface area (Å²) in [4.78, 5) is 4.44. The highest BCUT2D eigenvalue weighted by Gasteiger charge is 2.43. The highest BCUT2D eigenvalue weighted by molar-refractivity contribution is 6.38. The van der Waals surface area contributed by atoms with Gasteiger partial charge >= 0.3 is 0 Å². The number of nitrogens with zero attached hydrogens (tertiary/aromatic N) is 2. The molecule has 4 aromatic rings. The maximum Gasteiger partial charge on any atom is 0.247 e. The van der Waals surface area contributed by atoms with Crippen molar-refractivity contribution in [3.05, 3.63) is 64.6 Å². The summed E-state index contributed by atoms with van der Waals surface area (Å²) in [6, 6.07) is 13.3. The molecule has 5 nitrogen and oxygen atoms in total. The number of hydrogen-bond donors (Lipinski definition) is 0. The first-order valence-corrected chi connectivity index (χ1v) is 8.97. The lowest BCUT2D eigenvalue weighted by molar-refractivity contribution is -0.187. The van der Waals surface area contributed by atoms with E-state index in [1.807, 2.05) is 41.0 Å². The molecule has 5 rings (SSSR count). The first-order valence-electron chi connectivity index (χ1n) is 8.21. The Hall–Kier alpha value is -2.05. The minimum Gasteiger partial charge on any atom is -0.454 e. The van der Waals surface area contributed by atoms with E-state index in [1.54, 1.807) is 12.4 Å². The fourth-order valence-corrected chi connectivity index (χ4v) is 3.94. The lowest BCUT2D eigenvalue weighted by Crippen LogP contribution is -2.32. The normalized spacial score (nSPS) is 16.7. The van der Waals surface area contributed by atoms with Gasteiger partial charge in [-0.2, -0.15) is 0 Å². The maximum atomic E-state index is 6.27. The van der Waals surface area contributed by atoms with E-state index in [0.717, 1.165) is 16.4 Å². The summed E-state index contributed by atoms with van der Waals surface area (Å²) in [6.07, 6.45) is 1.78. The molecule has 26 heavy (non-hydrogen) atoms. The van der Waals surface area contributed by atoms with Crippen molar-refractivity contribution >= 4 is 45.2 Å². The van der Waals surface area contributed by atoms with Gasteiger partial charge < -0.3 is 18.5 Å². The fourth-order valence-electron chi connectivity index (χ4n) is 3.39. The molecular formula is C19H14Cl2N2O3. The van der Waals surface area contributed by atoms with Crippen molar-refractivity contribution in [3.8, 4) is 0 Å². The fraction of sp³-hybridized carbons (Fsp3) is 0.211. The summed E-state index contributed by atoms with van der Waals surface area (Å²) in [7, 11) is 0. The summed E-state index contributed by atoms with van der Waals surface area (Å²) in [5.41, 5.74) is 2.49. The molecular weight excluding hydrogens is 375 g/mol. The Balaban J connectivity index is 1.62. The monoisotopic (exact) mass is 388 g/mol. The highest BCUT2D eigenvalue weighted by atomic mass is 35.5. The minimum absolute atomic E-state index is 0.415. The molecule has 1 aliphatic rings. The molecule has 0 saturated carbocycles. The molecule has 132 valence electrons. The second kappa shape index (κ2) is 5.99. The lowest BCUT2D eigenvalue weighted by atomic mass is 10.1. The van der Waals surface area contributed by atoms with Crippen LogP contribution < -0.4 is 0 Å². The molecule has 1 fully saturated rings. The maximum absolute atomic E-state index is 6.27. The van der Waals surface area contributed by atoms with E-state index in [2.05, 4.69) is 4.98 Å². The molecule has 3 heterocycles. The molecule has 0 atom stereocenters. The van der Waals surface area contributed by atoms with E-state index in [1.165, 1.54) is 0 Å². The Morgan fingerprint density at radius 1 is 1.08 bits per heavy atom. The van der Waals surface area contributed by atoms with E-state index >= 15 is 0 Å². The van der Waals surface area contributed by atoms with Crippen LogP contribution in [-0.2, 0) is 21.8 Å². The van der Waals surface area contributed by atoms with Crippen LogP contribution in [0.25, 0.3) is 22.0 Å². The zero-order valence-electron chi connectivity index (χ0n) is 13.6. The summed E-state index contributed by atoms with van der Waals surface area (Å²) in [5.74, 6) is -0.467. The van der Waals surface area contributed by atoms with Crippen molar-refractivity contribution in [2.24, 2.45) is 0 Å². The van der Waals surface area contributed by atoms with Gasteiger partial charge in [0, 0.05) is 10.4 Å². The predicted octanol–water partition coefficient (Wildman–Crippen LogP) is 4.99. The molecule has 2 aromatic carbocycles. The Morgan fingerprint density at radius 2 is 1.88 bits per heavy atom. The first kappa shape index (κ1) is 16.1. The summed E-state index contributed by atoms with van der Waals surface area (Å²) in [5, 5.41) is 1.82. The SMILES string of the molecule is Clc1cc(Cl)c2oc(C3(Cn4cnc5ccccc54)OCCO3)cc2c1. The van der Waals surface area contributed by atoms with Gasteiger partial charge in [0.05, 0.1) is 42.1 Å². The largest absolute Gasteiger partial charge is 0.454 e. The second-order valence-corrected chi connectivity index (χ2v) is 7.07. The Kier molecular flexibility index (Phi) is 3.72. The molecule has 1 saturated heterocycles. The van der Waals surface area contributed by atoms with Gasteiger partial charge in [-0.05, 0) is 30.3 Å². The molecule has 0 unspecified atom stereocenters. The molecule has 0 radical (unpaired) electrons. The zero-order valence-corrected chi connectivity index (χ0v) is 15.1. The summed E-state index contributed by atoms with van der Waals surface area (Å²) in [6.45, 7) is 1.38. The standard InChI is InChI=1S/C19H14Cl2N2O3/c20-13-7-12-8-17(26-18(12)14(21)9-13)19(24-5-6-25-19)10-23-11-22-15-3-1-2-4-16(15)23/h1-4,7-9,11H,5-6,10H2. The van der Waals surface area contributed by atoms with Crippen LogP contribution in [0.5, 0.6) is 0 Å². The van der Waals surface area contributed by atoms with Gasteiger partial charge in [-0.3, -0.25) is 0 Å². The van der Waals surface area contributed by atoms with Crippen molar-refractivity contribution < 1.29 is 13.9 Å². The van der Waals surface area contributed by atoms with Crippen molar-refractivity contribution in [3.63, 3.8) is 0 Å². The molecule has 1 aliphatic heterocycles. The van der Waals surface area contributed by atoms with Crippen LogP contribution in [0.1, 0.15) is 5.76 Å². The van der Waals surface area contributed by atoms with Gasteiger partial charge in [0.15, 0.2) is 11.3 Å². The lowest BCUT2D eigenvalue weighted by Gasteiger charge is -2.25. The molecule has 0 aliphatic carbocycles. The summed E-state index contributed by atoms with van der Waals surface area (Å²) < 4.78 is 20.0. The van der Waals surface area contributed by atoms with Gasteiger partial charge in [0.2, 0.25) is 5.79 Å². The number of furan rings is 1. The van der Waals surface area contributed by atoms with Crippen molar-refractivity contribution in [1.82, 2.24) is 9.55 Å². The van der Waals surface area contributed by atoms with E-state index in [-0.39, 0.29) is 0 Å². The molecule has 0 amide bonds. The molecule has 7 heteroatoms. The van der Waals surface area contributed by atoms with Crippen LogP contribution in [-0.4, -0.2) is 22.8 Å². The number of imidazole rings is 1. The first-order chi connectivity index (χ1) is 12.6. The third-order valence-corrected chi connectivity index (χ3v) is 5.07. The van der Waals surface area contributed by atoms with Crippen LogP contribution in [0.4, 0.5) is 0 Å². The Labute approximate surface area is 159 Å². The molecule has 2 aromatic heterocycles. The van der Waals surface area contributed by atoms with E-state index in [9.17, 15) is 0 Å². The topological polar surface area (TPSA) is 49.4 Å². The number of ether oxygens (including phenoxy) is 2. The van der Waals surface area contributed by atoms with Crippen molar-refractivity contribution in [2.75, 3.05) is 13.2 Å². The Bertz CT molecular complexity index is 1110. The van der Waals surface area contributed by atoms with E-state index in [4.69, 9.17) is 37.1 Å². The number of rotatable bonds is 3. The average Bonchev–Trinajstić information content (AvgIpc) is 3.34. The number of aromatic nitrogens is 2. The average molecular weight is 389 g/mol. The van der Waals surface area contributed by atoms with Crippen LogP contribution in [0.3, 0.4) is 0 Å².